The summed E-state index contributed by atoms with van der Waals surface area (Å²) in [5.74, 6) is 1.88. The molecule has 2 aliphatic carbocycles. The summed E-state index contributed by atoms with van der Waals surface area (Å²) in [4.78, 5) is 20.3. The van der Waals surface area contributed by atoms with Gasteiger partial charge in [-0.25, -0.2) is 14.1 Å². The standard InChI is InChI=1S/C19H23FN6O2/c1-10-24-25-18(28-10)13-4-3-12(13)15-22-16-14(17(27)23-15)9-21-26(16)11-5-7-19(2,20)8-6-11/h9,11-13H,3-8H2,1-2H3,(H,22,23,27). The van der Waals surface area contributed by atoms with Crippen molar-refractivity contribution < 1.29 is 8.81 Å². The molecule has 2 atom stereocenters. The third kappa shape index (κ3) is 2.84. The van der Waals surface area contributed by atoms with E-state index in [-0.39, 0.29) is 23.4 Å². The van der Waals surface area contributed by atoms with E-state index in [2.05, 4.69) is 20.3 Å². The number of nitrogens with zero attached hydrogens (tertiary/aromatic N) is 5. The van der Waals surface area contributed by atoms with Gasteiger partial charge in [0.15, 0.2) is 5.65 Å². The Bertz CT molecular complexity index is 1070. The van der Waals surface area contributed by atoms with E-state index in [0.717, 1.165) is 12.8 Å². The van der Waals surface area contributed by atoms with Crippen LogP contribution in [-0.2, 0) is 0 Å². The van der Waals surface area contributed by atoms with Crippen LogP contribution in [0.5, 0.6) is 0 Å². The Morgan fingerprint density at radius 2 is 1.96 bits per heavy atom. The fraction of sp³-hybridized carbons (Fsp3) is 0.632. The van der Waals surface area contributed by atoms with E-state index in [1.807, 2.05) is 4.68 Å². The van der Waals surface area contributed by atoms with Crippen LogP contribution in [0.3, 0.4) is 0 Å². The van der Waals surface area contributed by atoms with Crippen LogP contribution in [-0.4, -0.2) is 35.6 Å². The summed E-state index contributed by atoms with van der Waals surface area (Å²) in [5.41, 5.74) is -0.722. The molecular formula is C19H23FN6O2. The molecule has 1 N–H and O–H groups in total. The summed E-state index contributed by atoms with van der Waals surface area (Å²) in [6, 6.07) is 0.0688. The Labute approximate surface area is 160 Å². The smallest absolute Gasteiger partial charge is 0.262 e. The quantitative estimate of drug-likeness (QED) is 0.741. The normalized spacial score (nSPS) is 30.5. The zero-order valence-electron chi connectivity index (χ0n) is 16.0. The molecule has 2 unspecified atom stereocenters. The number of nitrogens with one attached hydrogen (secondary N) is 1. The summed E-state index contributed by atoms with van der Waals surface area (Å²) < 4.78 is 21.6. The van der Waals surface area contributed by atoms with Crippen LogP contribution in [0.2, 0.25) is 0 Å². The Morgan fingerprint density at radius 1 is 1.21 bits per heavy atom. The van der Waals surface area contributed by atoms with Gasteiger partial charge in [-0.2, -0.15) is 5.10 Å². The highest BCUT2D eigenvalue weighted by molar-refractivity contribution is 5.73. The summed E-state index contributed by atoms with van der Waals surface area (Å²) in [5, 5.41) is 12.9. The minimum absolute atomic E-state index is 0.0424. The molecule has 0 spiro atoms. The van der Waals surface area contributed by atoms with Gasteiger partial charge >= 0.3 is 0 Å². The van der Waals surface area contributed by atoms with Crippen molar-refractivity contribution in [1.82, 2.24) is 29.9 Å². The van der Waals surface area contributed by atoms with E-state index >= 15 is 0 Å². The number of aromatic nitrogens is 6. The zero-order chi connectivity index (χ0) is 19.5. The summed E-state index contributed by atoms with van der Waals surface area (Å²) in [7, 11) is 0. The topological polar surface area (TPSA) is 102 Å². The maximum Gasteiger partial charge on any atom is 0.262 e. The van der Waals surface area contributed by atoms with Crippen LogP contribution in [0.15, 0.2) is 15.4 Å². The fourth-order valence-electron chi connectivity index (χ4n) is 4.43. The maximum atomic E-state index is 14.2. The number of aromatic amines is 1. The lowest BCUT2D eigenvalue weighted by atomic mass is 9.73. The van der Waals surface area contributed by atoms with E-state index in [9.17, 15) is 9.18 Å². The van der Waals surface area contributed by atoms with Gasteiger partial charge in [0.1, 0.15) is 16.9 Å². The summed E-state index contributed by atoms with van der Waals surface area (Å²) in [6.45, 7) is 3.42. The van der Waals surface area contributed by atoms with E-state index in [4.69, 9.17) is 9.40 Å². The van der Waals surface area contributed by atoms with Crippen molar-refractivity contribution >= 4 is 11.0 Å². The van der Waals surface area contributed by atoms with E-state index in [0.29, 0.717) is 54.3 Å². The third-order valence-corrected chi connectivity index (χ3v) is 6.31. The summed E-state index contributed by atoms with van der Waals surface area (Å²) >= 11 is 0. The van der Waals surface area contributed by atoms with Crippen molar-refractivity contribution in [2.45, 2.75) is 75.9 Å². The van der Waals surface area contributed by atoms with Gasteiger partial charge in [-0.15, -0.1) is 10.2 Å². The first kappa shape index (κ1) is 17.5. The first-order valence-electron chi connectivity index (χ1n) is 9.88. The highest BCUT2D eigenvalue weighted by atomic mass is 19.1. The number of hydrogen-bond donors (Lipinski definition) is 1. The first-order chi connectivity index (χ1) is 13.4. The second-order valence-corrected chi connectivity index (χ2v) is 8.37. The lowest BCUT2D eigenvalue weighted by Crippen LogP contribution is -2.29. The largest absolute Gasteiger partial charge is 0.425 e. The molecular weight excluding hydrogens is 363 g/mol. The molecule has 3 aromatic heterocycles. The fourth-order valence-corrected chi connectivity index (χ4v) is 4.43. The van der Waals surface area contributed by atoms with Gasteiger partial charge < -0.3 is 9.40 Å². The lowest BCUT2D eigenvalue weighted by molar-refractivity contribution is 0.103. The first-order valence-corrected chi connectivity index (χ1v) is 9.88. The second kappa shape index (κ2) is 6.22. The van der Waals surface area contributed by atoms with Crippen molar-refractivity contribution in [3.63, 3.8) is 0 Å². The molecule has 2 fully saturated rings. The van der Waals surface area contributed by atoms with Gasteiger partial charge in [0.05, 0.1) is 12.2 Å². The highest BCUT2D eigenvalue weighted by Crippen LogP contribution is 2.47. The van der Waals surface area contributed by atoms with Crippen molar-refractivity contribution in [3.8, 4) is 0 Å². The number of aryl methyl sites for hydroxylation is 1. The SMILES string of the molecule is Cc1nnc(C2CCC2c2nc3c(cnn3C3CCC(C)(F)CC3)c(=O)[nH]2)o1. The molecule has 0 saturated heterocycles. The highest BCUT2D eigenvalue weighted by Gasteiger charge is 2.39. The molecule has 148 valence electrons. The monoisotopic (exact) mass is 386 g/mol. The molecule has 2 aliphatic rings. The van der Waals surface area contributed by atoms with Gasteiger partial charge in [0.2, 0.25) is 11.8 Å². The Hall–Kier alpha value is -2.58. The van der Waals surface area contributed by atoms with Gasteiger partial charge in [-0.05, 0) is 45.4 Å². The Morgan fingerprint density at radius 3 is 2.61 bits per heavy atom. The third-order valence-electron chi connectivity index (χ3n) is 6.31. The molecule has 5 rings (SSSR count). The number of hydrogen-bond acceptors (Lipinski definition) is 6. The number of alkyl halides is 1. The Balaban J connectivity index is 1.49. The molecule has 8 nitrogen and oxygen atoms in total. The molecule has 0 aliphatic heterocycles. The predicted octanol–water partition coefficient (Wildman–Crippen LogP) is 3.32. The molecule has 3 aromatic rings. The van der Waals surface area contributed by atoms with Crippen molar-refractivity contribution in [1.29, 1.82) is 0 Å². The number of fused-ring (bicyclic) bond motifs is 1. The van der Waals surface area contributed by atoms with Gasteiger partial charge in [0.25, 0.3) is 5.56 Å². The van der Waals surface area contributed by atoms with Gasteiger partial charge in [-0.3, -0.25) is 4.79 Å². The van der Waals surface area contributed by atoms with Gasteiger partial charge in [0, 0.05) is 18.8 Å². The molecule has 2 saturated carbocycles. The van der Waals surface area contributed by atoms with Crippen molar-refractivity contribution in [2.75, 3.05) is 0 Å². The average molecular weight is 386 g/mol. The maximum absolute atomic E-state index is 14.2. The van der Waals surface area contributed by atoms with Crippen LogP contribution < -0.4 is 5.56 Å². The van der Waals surface area contributed by atoms with Crippen LogP contribution in [0.1, 0.15) is 80.9 Å². The van der Waals surface area contributed by atoms with E-state index in [1.54, 1.807) is 20.0 Å². The molecule has 28 heavy (non-hydrogen) atoms. The average Bonchev–Trinajstić information content (AvgIpc) is 3.21. The number of rotatable bonds is 3. The molecule has 0 radical (unpaired) electrons. The molecule has 3 heterocycles. The second-order valence-electron chi connectivity index (χ2n) is 8.37. The van der Waals surface area contributed by atoms with Crippen LogP contribution in [0.25, 0.3) is 11.0 Å². The zero-order valence-corrected chi connectivity index (χ0v) is 16.0. The lowest BCUT2D eigenvalue weighted by Gasteiger charge is -2.33. The van der Waals surface area contributed by atoms with E-state index in [1.165, 1.54) is 0 Å². The van der Waals surface area contributed by atoms with Crippen molar-refractivity contribution in [2.24, 2.45) is 0 Å². The molecule has 0 bridgehead atoms. The number of H-pyrrole nitrogens is 1. The summed E-state index contributed by atoms with van der Waals surface area (Å²) in [6.07, 6.45) is 5.77. The van der Waals surface area contributed by atoms with E-state index < -0.39 is 5.67 Å². The minimum atomic E-state index is -1.11. The van der Waals surface area contributed by atoms with Gasteiger partial charge in [-0.1, -0.05) is 0 Å². The van der Waals surface area contributed by atoms with Crippen LogP contribution in [0, 0.1) is 6.92 Å². The van der Waals surface area contributed by atoms with Crippen LogP contribution in [0.4, 0.5) is 4.39 Å². The molecule has 0 aromatic carbocycles. The molecule has 9 heteroatoms. The minimum Gasteiger partial charge on any atom is -0.425 e. The van der Waals surface area contributed by atoms with Crippen LogP contribution >= 0.6 is 0 Å². The molecule has 0 amide bonds. The number of halogens is 1. The predicted molar refractivity (Wildman–Crippen MR) is 98.9 cm³/mol. The van der Waals surface area contributed by atoms with Crippen molar-refractivity contribution in [3.05, 3.63) is 34.2 Å². The Kier molecular flexibility index (Phi) is 3.89.